The lowest BCUT2D eigenvalue weighted by Crippen LogP contribution is -2.43. The predicted molar refractivity (Wildman–Crippen MR) is 117 cm³/mol. The number of rotatable bonds is 7. The number of ether oxygens (including phenoxy) is 1. The number of benzene rings is 1. The topological polar surface area (TPSA) is 40.1 Å². The number of hydrogen-bond acceptors (Lipinski definition) is 3. The van der Waals surface area contributed by atoms with Crippen LogP contribution in [0.25, 0.3) is 0 Å². The highest BCUT2D eigenvalue weighted by atomic mass is 127. The maximum atomic E-state index is 12.5. The van der Waals surface area contributed by atoms with E-state index in [9.17, 15) is 13.2 Å². The summed E-state index contributed by atoms with van der Waals surface area (Å²) in [6.45, 7) is 1.79. The third-order valence-electron chi connectivity index (χ3n) is 4.40. The van der Waals surface area contributed by atoms with Crippen molar-refractivity contribution < 1.29 is 17.9 Å². The fraction of sp³-hybridized carbons (Fsp3) is 0.611. The van der Waals surface area contributed by atoms with Gasteiger partial charge in [-0.2, -0.15) is 13.2 Å². The minimum Gasteiger partial charge on any atom is -0.492 e. The van der Waals surface area contributed by atoms with Crippen molar-refractivity contribution in [1.82, 2.24) is 15.1 Å². The minimum absolute atomic E-state index is 0. The van der Waals surface area contributed by atoms with E-state index in [-0.39, 0.29) is 29.9 Å². The number of likely N-dealkylation sites (N-methyl/N-ethyl adjacent to an activating group) is 1. The second kappa shape index (κ2) is 11.9. The molecule has 1 heterocycles. The van der Waals surface area contributed by atoms with Crippen LogP contribution in [0.15, 0.2) is 29.3 Å². The molecule has 0 aromatic heterocycles. The van der Waals surface area contributed by atoms with E-state index >= 15 is 0 Å². The van der Waals surface area contributed by atoms with Crippen molar-refractivity contribution in [2.45, 2.75) is 12.6 Å². The first kappa shape index (κ1) is 25.1. The van der Waals surface area contributed by atoms with Gasteiger partial charge in [-0.05, 0) is 43.1 Å². The normalized spacial score (nSPS) is 17.9. The third-order valence-corrected chi connectivity index (χ3v) is 4.66. The van der Waals surface area contributed by atoms with Crippen LogP contribution in [0.1, 0.15) is 6.42 Å². The van der Waals surface area contributed by atoms with Gasteiger partial charge in [0.25, 0.3) is 0 Å². The number of hydrogen-bond donors (Lipinski definition) is 1. The Morgan fingerprint density at radius 2 is 2.04 bits per heavy atom. The van der Waals surface area contributed by atoms with Crippen molar-refractivity contribution in [3.05, 3.63) is 29.3 Å². The van der Waals surface area contributed by atoms with Crippen molar-refractivity contribution in [2.24, 2.45) is 10.9 Å². The maximum Gasteiger partial charge on any atom is 0.401 e. The van der Waals surface area contributed by atoms with Crippen LogP contribution >= 0.6 is 35.6 Å². The number of nitrogens with one attached hydrogen (secondary N) is 1. The van der Waals surface area contributed by atoms with Gasteiger partial charge in [0.1, 0.15) is 12.4 Å². The van der Waals surface area contributed by atoms with E-state index in [1.54, 1.807) is 19.2 Å². The second-order valence-electron chi connectivity index (χ2n) is 6.66. The number of halogens is 5. The van der Waals surface area contributed by atoms with Crippen LogP contribution < -0.4 is 10.1 Å². The van der Waals surface area contributed by atoms with Gasteiger partial charge in [-0.15, -0.1) is 24.0 Å². The van der Waals surface area contributed by atoms with Gasteiger partial charge in [0.15, 0.2) is 5.96 Å². The van der Waals surface area contributed by atoms with Crippen molar-refractivity contribution >= 4 is 41.5 Å². The lowest BCUT2D eigenvalue weighted by molar-refractivity contribution is -0.143. The summed E-state index contributed by atoms with van der Waals surface area (Å²) in [5.74, 6) is 1.62. The van der Waals surface area contributed by atoms with Gasteiger partial charge in [-0.25, -0.2) is 0 Å². The Kier molecular flexibility index (Phi) is 10.7. The van der Waals surface area contributed by atoms with Gasteiger partial charge >= 0.3 is 6.18 Å². The molecule has 2 rings (SSSR count). The summed E-state index contributed by atoms with van der Waals surface area (Å²) in [7, 11) is 3.58. The Morgan fingerprint density at radius 1 is 1.36 bits per heavy atom. The van der Waals surface area contributed by atoms with E-state index in [4.69, 9.17) is 16.3 Å². The van der Waals surface area contributed by atoms with Gasteiger partial charge in [0.05, 0.1) is 13.1 Å². The molecule has 1 unspecified atom stereocenters. The Morgan fingerprint density at radius 3 is 2.64 bits per heavy atom. The largest absolute Gasteiger partial charge is 0.492 e. The number of alkyl halides is 3. The molecule has 0 amide bonds. The van der Waals surface area contributed by atoms with Crippen LogP contribution in [-0.2, 0) is 0 Å². The first-order valence-corrected chi connectivity index (χ1v) is 9.24. The van der Waals surface area contributed by atoms with E-state index in [1.807, 2.05) is 24.1 Å². The molecule has 0 radical (unpaired) electrons. The summed E-state index contributed by atoms with van der Waals surface area (Å²) in [6, 6.07) is 7.15. The smallest absolute Gasteiger partial charge is 0.401 e. The van der Waals surface area contributed by atoms with Crippen LogP contribution in [0.5, 0.6) is 5.75 Å². The maximum absolute atomic E-state index is 12.5. The summed E-state index contributed by atoms with van der Waals surface area (Å²) < 4.78 is 43.1. The van der Waals surface area contributed by atoms with Crippen molar-refractivity contribution in [3.63, 3.8) is 0 Å². The molecule has 0 aliphatic carbocycles. The Bertz CT molecular complexity index is 616. The van der Waals surface area contributed by atoms with Gasteiger partial charge in [-0.3, -0.25) is 9.89 Å². The van der Waals surface area contributed by atoms with E-state index in [1.165, 1.54) is 4.90 Å². The molecule has 1 aromatic carbocycles. The molecule has 160 valence electrons. The molecular formula is C18H27ClF3IN4O. The van der Waals surface area contributed by atoms with Crippen molar-refractivity contribution in [1.29, 1.82) is 0 Å². The van der Waals surface area contributed by atoms with E-state index < -0.39 is 12.7 Å². The predicted octanol–water partition coefficient (Wildman–Crippen LogP) is 3.73. The second-order valence-corrected chi connectivity index (χ2v) is 7.09. The zero-order chi connectivity index (χ0) is 19.9. The van der Waals surface area contributed by atoms with Gasteiger partial charge < -0.3 is 15.0 Å². The molecule has 1 N–H and O–H groups in total. The average molecular weight is 535 g/mol. The van der Waals surface area contributed by atoms with Crippen molar-refractivity contribution in [2.75, 3.05) is 53.4 Å². The third kappa shape index (κ3) is 9.04. The molecule has 0 spiro atoms. The first-order chi connectivity index (χ1) is 12.8. The molecule has 1 aromatic rings. The summed E-state index contributed by atoms with van der Waals surface area (Å²) in [6.07, 6.45) is -3.38. The Balaban J connectivity index is 0.00000392. The van der Waals surface area contributed by atoms with Gasteiger partial charge in [-0.1, -0.05) is 11.6 Å². The molecule has 28 heavy (non-hydrogen) atoms. The van der Waals surface area contributed by atoms with E-state index in [2.05, 4.69) is 10.3 Å². The molecule has 1 saturated heterocycles. The highest BCUT2D eigenvalue weighted by Gasteiger charge is 2.34. The lowest BCUT2D eigenvalue weighted by Gasteiger charge is -2.23. The first-order valence-electron chi connectivity index (χ1n) is 8.86. The van der Waals surface area contributed by atoms with Crippen LogP contribution in [-0.4, -0.2) is 75.4 Å². The number of aliphatic imine (C=N–C) groups is 1. The molecule has 1 aliphatic heterocycles. The molecular weight excluding hydrogens is 508 g/mol. The number of guanidine groups is 1. The molecule has 5 nitrogen and oxygen atoms in total. The zero-order valence-electron chi connectivity index (χ0n) is 16.0. The van der Waals surface area contributed by atoms with Gasteiger partial charge in [0, 0.05) is 32.2 Å². The summed E-state index contributed by atoms with van der Waals surface area (Å²) >= 11 is 5.84. The summed E-state index contributed by atoms with van der Waals surface area (Å²) in [4.78, 5) is 7.62. The highest BCUT2D eigenvalue weighted by Crippen LogP contribution is 2.22. The highest BCUT2D eigenvalue weighted by molar-refractivity contribution is 14.0. The quantitative estimate of drug-likeness (QED) is 0.329. The molecule has 0 saturated carbocycles. The monoisotopic (exact) mass is 534 g/mol. The standard InChI is InChI=1S/C18H26ClF3N4O.HI/c1-23-17(24-11-14-7-8-26(12-14)13-18(20,21)22)25(2)9-10-27-16-5-3-15(19)4-6-16;/h3-6,14H,7-13H2,1-2H3,(H,23,24);1H. The van der Waals surface area contributed by atoms with Crippen LogP contribution in [0.3, 0.4) is 0 Å². The zero-order valence-corrected chi connectivity index (χ0v) is 19.1. The minimum atomic E-state index is -4.14. The molecule has 0 bridgehead atoms. The number of likely N-dealkylation sites (tertiary alicyclic amines) is 1. The van der Waals surface area contributed by atoms with Crippen LogP contribution in [0, 0.1) is 5.92 Å². The van der Waals surface area contributed by atoms with E-state index in [0.29, 0.717) is 43.8 Å². The Labute approximate surface area is 186 Å². The number of nitrogens with zero attached hydrogens (tertiary/aromatic N) is 3. The van der Waals surface area contributed by atoms with Crippen molar-refractivity contribution in [3.8, 4) is 5.75 Å². The average Bonchev–Trinajstić information content (AvgIpc) is 3.02. The SMILES string of the molecule is CN=C(NCC1CCN(CC(F)(F)F)C1)N(C)CCOc1ccc(Cl)cc1.I. The van der Waals surface area contributed by atoms with E-state index in [0.717, 1.165) is 12.2 Å². The fourth-order valence-corrected chi connectivity index (χ4v) is 3.16. The van der Waals surface area contributed by atoms with Crippen LogP contribution in [0.4, 0.5) is 13.2 Å². The molecule has 10 heteroatoms. The Hall–Kier alpha value is -0.940. The summed E-state index contributed by atoms with van der Waals surface area (Å²) in [5.41, 5.74) is 0. The summed E-state index contributed by atoms with van der Waals surface area (Å²) in [5, 5.41) is 3.90. The lowest BCUT2D eigenvalue weighted by atomic mass is 10.1. The van der Waals surface area contributed by atoms with Crippen LogP contribution in [0.2, 0.25) is 5.02 Å². The fourth-order valence-electron chi connectivity index (χ4n) is 3.03. The molecule has 1 fully saturated rings. The molecule has 1 atom stereocenters. The van der Waals surface area contributed by atoms with Gasteiger partial charge in [0.2, 0.25) is 0 Å². The molecule has 1 aliphatic rings.